The lowest BCUT2D eigenvalue weighted by Crippen LogP contribution is -2.37. The zero-order valence-electron chi connectivity index (χ0n) is 19.1. The molecule has 3 heterocycles. The van der Waals surface area contributed by atoms with Crippen LogP contribution in [0.1, 0.15) is 21.5 Å². The minimum absolute atomic E-state index is 0.136. The molecule has 5 aromatic rings. The van der Waals surface area contributed by atoms with Gasteiger partial charge in [0.1, 0.15) is 16.8 Å². The van der Waals surface area contributed by atoms with Gasteiger partial charge in [0.05, 0.1) is 30.6 Å². The highest BCUT2D eigenvalue weighted by Gasteiger charge is 2.33. The van der Waals surface area contributed by atoms with Gasteiger partial charge < -0.3 is 15.4 Å². The van der Waals surface area contributed by atoms with Gasteiger partial charge in [0, 0.05) is 6.20 Å². The molecular formula is C26H18Cl2N4O2S2. The van der Waals surface area contributed by atoms with Crippen molar-refractivity contribution < 1.29 is 9.53 Å². The quantitative estimate of drug-likeness (QED) is 0.221. The van der Waals surface area contributed by atoms with Crippen molar-refractivity contribution in [1.82, 2.24) is 9.97 Å². The molecule has 2 N–H and O–H groups in total. The fourth-order valence-corrected chi connectivity index (χ4v) is 6.30. The van der Waals surface area contributed by atoms with Gasteiger partial charge in [-0.3, -0.25) is 4.79 Å². The van der Waals surface area contributed by atoms with Crippen LogP contribution >= 0.6 is 45.9 Å². The van der Waals surface area contributed by atoms with Crippen LogP contribution in [0.4, 0.5) is 10.3 Å². The Balaban J connectivity index is 1.39. The van der Waals surface area contributed by atoms with E-state index in [1.807, 2.05) is 50.2 Å². The molecule has 0 aliphatic carbocycles. The van der Waals surface area contributed by atoms with Crippen LogP contribution in [0.3, 0.4) is 0 Å². The van der Waals surface area contributed by atoms with Gasteiger partial charge in [0.15, 0.2) is 16.0 Å². The number of nitrogens with one attached hydrogen (secondary N) is 2. The molecule has 0 saturated carbocycles. The zero-order valence-corrected chi connectivity index (χ0v) is 22.2. The standard InChI is InChI=1S/C26H18Cl2N4O2S2/c1-12-9-14-18(10-13(12)2)34-24(32-26-31-22-17(28)6-4-8-20(22)36-26)15(23(14)33)11-29-25-30-21-16(27)5-3-7-19(21)35-25/h3-11,24H,1-2H3,(H,29,30)(H,31,32)/b15-11-/t24-/m0/s1. The van der Waals surface area contributed by atoms with Crippen molar-refractivity contribution in [1.29, 1.82) is 0 Å². The molecule has 180 valence electrons. The van der Waals surface area contributed by atoms with Crippen LogP contribution < -0.4 is 15.4 Å². The monoisotopic (exact) mass is 552 g/mol. The zero-order chi connectivity index (χ0) is 25.0. The number of hydrogen-bond acceptors (Lipinski definition) is 8. The van der Waals surface area contributed by atoms with E-state index in [-0.39, 0.29) is 5.78 Å². The molecule has 1 aliphatic heterocycles. The number of carbonyl (C=O) groups is 1. The van der Waals surface area contributed by atoms with E-state index in [1.54, 1.807) is 18.3 Å². The molecule has 1 atom stereocenters. The first-order valence-corrected chi connectivity index (χ1v) is 13.4. The van der Waals surface area contributed by atoms with Gasteiger partial charge in [-0.15, -0.1) is 0 Å². The number of hydrogen-bond donors (Lipinski definition) is 2. The molecule has 0 spiro atoms. The highest BCUT2D eigenvalue weighted by Crippen LogP contribution is 2.37. The number of carbonyl (C=O) groups excluding carboxylic acids is 1. The van der Waals surface area contributed by atoms with Gasteiger partial charge in [-0.2, -0.15) is 0 Å². The van der Waals surface area contributed by atoms with Gasteiger partial charge in [0.2, 0.25) is 6.23 Å². The number of Topliss-reactive ketones (excluding diaryl/α,β-unsaturated/α-hetero) is 1. The average molecular weight is 553 g/mol. The Morgan fingerprint density at radius 2 is 1.53 bits per heavy atom. The van der Waals surface area contributed by atoms with E-state index in [4.69, 9.17) is 27.9 Å². The number of ether oxygens (including phenoxy) is 1. The first-order chi connectivity index (χ1) is 17.4. The third-order valence-corrected chi connectivity index (χ3v) is 8.49. The second-order valence-electron chi connectivity index (χ2n) is 8.36. The molecule has 2 aromatic heterocycles. The third-order valence-electron chi connectivity index (χ3n) is 5.98. The number of ketones is 1. The summed E-state index contributed by atoms with van der Waals surface area (Å²) in [6, 6.07) is 15.0. The summed E-state index contributed by atoms with van der Waals surface area (Å²) in [6.07, 6.45) is 0.876. The lowest BCUT2D eigenvalue weighted by atomic mass is 9.95. The number of rotatable bonds is 4. The molecule has 10 heteroatoms. The predicted molar refractivity (Wildman–Crippen MR) is 149 cm³/mol. The molecule has 6 rings (SSSR count). The summed E-state index contributed by atoms with van der Waals surface area (Å²) < 4.78 is 8.19. The summed E-state index contributed by atoms with van der Waals surface area (Å²) in [5, 5.41) is 8.83. The minimum Gasteiger partial charge on any atom is -0.465 e. The summed E-state index contributed by atoms with van der Waals surface area (Å²) in [5.41, 5.74) is 4.41. The fraction of sp³-hybridized carbons (Fsp3) is 0.115. The van der Waals surface area contributed by atoms with Gasteiger partial charge in [-0.05, 0) is 61.4 Å². The SMILES string of the molecule is Cc1cc2c(cc1C)C(=O)/C(=C/Nc1nc3c(Cl)cccc3s1)[C@@H](Nc1nc3c(Cl)cccc3s1)O2. The van der Waals surface area contributed by atoms with Crippen LogP contribution in [0.5, 0.6) is 5.75 Å². The van der Waals surface area contributed by atoms with E-state index in [0.717, 1.165) is 20.5 Å². The number of anilines is 2. The smallest absolute Gasteiger partial charge is 0.203 e. The largest absolute Gasteiger partial charge is 0.465 e. The summed E-state index contributed by atoms with van der Waals surface area (Å²) in [5.74, 6) is 0.395. The first kappa shape index (κ1) is 23.2. The maximum Gasteiger partial charge on any atom is 0.203 e. The van der Waals surface area contributed by atoms with Crippen molar-refractivity contribution in [3.63, 3.8) is 0 Å². The van der Waals surface area contributed by atoms with Crippen molar-refractivity contribution in [3.8, 4) is 5.75 Å². The van der Waals surface area contributed by atoms with Gasteiger partial charge >= 0.3 is 0 Å². The highest BCUT2D eigenvalue weighted by atomic mass is 35.5. The van der Waals surface area contributed by atoms with E-state index < -0.39 is 6.23 Å². The molecule has 1 aliphatic rings. The number of fused-ring (bicyclic) bond motifs is 3. The van der Waals surface area contributed by atoms with Crippen molar-refractivity contribution in [2.24, 2.45) is 0 Å². The maximum atomic E-state index is 13.7. The fourth-order valence-electron chi connectivity index (χ4n) is 3.98. The highest BCUT2D eigenvalue weighted by molar-refractivity contribution is 7.22. The van der Waals surface area contributed by atoms with E-state index in [2.05, 4.69) is 20.6 Å². The Morgan fingerprint density at radius 1 is 0.917 bits per heavy atom. The Kier molecular flexibility index (Phi) is 5.84. The summed E-state index contributed by atoms with van der Waals surface area (Å²) in [6.45, 7) is 3.97. The number of halogens is 2. The topological polar surface area (TPSA) is 76.1 Å². The van der Waals surface area contributed by atoms with E-state index in [1.165, 1.54) is 22.7 Å². The number of nitrogens with zero attached hydrogens (tertiary/aromatic N) is 2. The average Bonchev–Trinajstić information content (AvgIpc) is 3.46. The molecule has 0 amide bonds. The normalized spacial score (nSPS) is 16.4. The number of aryl methyl sites for hydroxylation is 2. The predicted octanol–water partition coefficient (Wildman–Crippen LogP) is 7.84. The Bertz CT molecular complexity index is 1710. The molecule has 0 bridgehead atoms. The van der Waals surface area contributed by atoms with Crippen molar-refractivity contribution in [3.05, 3.63) is 87.0 Å². The van der Waals surface area contributed by atoms with Crippen LogP contribution in [0.2, 0.25) is 10.0 Å². The molecule has 0 unspecified atom stereocenters. The van der Waals surface area contributed by atoms with E-state index in [0.29, 0.717) is 48.2 Å². The van der Waals surface area contributed by atoms with Crippen molar-refractivity contribution in [2.45, 2.75) is 20.1 Å². The Morgan fingerprint density at radius 3 is 2.19 bits per heavy atom. The number of benzene rings is 3. The first-order valence-electron chi connectivity index (χ1n) is 11.0. The van der Waals surface area contributed by atoms with Crippen LogP contribution in [0, 0.1) is 13.8 Å². The van der Waals surface area contributed by atoms with Crippen LogP contribution in [-0.2, 0) is 0 Å². The number of para-hydroxylation sites is 2. The summed E-state index contributed by atoms with van der Waals surface area (Å²) >= 11 is 15.5. The Hall–Kier alpha value is -3.17. The molecule has 6 nitrogen and oxygen atoms in total. The third kappa shape index (κ3) is 4.10. The molecule has 3 aromatic carbocycles. The summed E-state index contributed by atoms with van der Waals surface area (Å²) in [7, 11) is 0. The second-order valence-corrected chi connectivity index (χ2v) is 11.2. The second kappa shape index (κ2) is 9.05. The molecule has 0 saturated heterocycles. The van der Waals surface area contributed by atoms with Crippen LogP contribution in [0.25, 0.3) is 20.4 Å². The number of aromatic nitrogens is 2. The molecule has 0 radical (unpaired) electrons. The Labute approximate surface area is 224 Å². The maximum absolute atomic E-state index is 13.7. The van der Waals surface area contributed by atoms with E-state index >= 15 is 0 Å². The molecule has 36 heavy (non-hydrogen) atoms. The number of thiazole rings is 2. The van der Waals surface area contributed by atoms with Crippen LogP contribution in [-0.4, -0.2) is 22.0 Å². The van der Waals surface area contributed by atoms with E-state index in [9.17, 15) is 4.79 Å². The van der Waals surface area contributed by atoms with Crippen molar-refractivity contribution in [2.75, 3.05) is 10.6 Å². The van der Waals surface area contributed by atoms with Gasteiger partial charge in [-0.25, -0.2) is 9.97 Å². The van der Waals surface area contributed by atoms with Gasteiger partial charge in [0.25, 0.3) is 0 Å². The lowest BCUT2D eigenvalue weighted by molar-refractivity contribution is 0.0973. The van der Waals surface area contributed by atoms with Crippen LogP contribution in [0.15, 0.2) is 60.3 Å². The summed E-state index contributed by atoms with van der Waals surface area (Å²) in [4.78, 5) is 22.8. The minimum atomic E-state index is -0.767. The van der Waals surface area contributed by atoms with Crippen molar-refractivity contribution >= 4 is 82.4 Å². The lowest BCUT2D eigenvalue weighted by Gasteiger charge is -2.28. The molecular weight excluding hydrogens is 535 g/mol. The molecule has 0 fully saturated rings. The van der Waals surface area contributed by atoms with Gasteiger partial charge in [-0.1, -0.05) is 58.0 Å².